The van der Waals surface area contributed by atoms with Crippen molar-refractivity contribution in [1.29, 1.82) is 0 Å². The molecule has 2 unspecified atom stereocenters. The number of aromatic nitrogens is 4. The molecular formula is C31H37N7O6. The normalized spacial score (nSPS) is 13.1. The van der Waals surface area contributed by atoms with E-state index in [9.17, 15) is 24.3 Å². The molecule has 13 heteroatoms. The van der Waals surface area contributed by atoms with Crippen molar-refractivity contribution in [2.24, 2.45) is 5.41 Å². The van der Waals surface area contributed by atoms with E-state index >= 15 is 0 Å². The van der Waals surface area contributed by atoms with Crippen LogP contribution in [0.2, 0.25) is 0 Å². The molecule has 4 rings (SSSR count). The highest BCUT2D eigenvalue weighted by Gasteiger charge is 2.27. The maximum Gasteiger partial charge on any atom is 0.307 e. The van der Waals surface area contributed by atoms with E-state index in [1.54, 1.807) is 32.4 Å². The number of hydrogen-bond donors (Lipinski definition) is 4. The third-order valence-corrected chi connectivity index (χ3v) is 6.88. The average molecular weight is 604 g/mol. The Morgan fingerprint density at radius 2 is 1.95 bits per heavy atom. The van der Waals surface area contributed by atoms with Crippen molar-refractivity contribution in [2.75, 3.05) is 19.4 Å². The number of pyridine rings is 1. The molecule has 232 valence electrons. The fraction of sp³-hybridized carbons (Fsp3) is 0.355. The molecule has 13 nitrogen and oxygen atoms in total. The Morgan fingerprint density at radius 1 is 1.18 bits per heavy atom. The number of fused-ring (bicyclic) bond motifs is 1. The number of aliphatic hydroxyl groups excluding tert-OH is 1. The molecule has 0 fully saturated rings. The molecule has 0 saturated heterocycles. The minimum Gasteiger partial charge on any atom is -0.441 e. The third-order valence-electron chi connectivity index (χ3n) is 6.88. The van der Waals surface area contributed by atoms with Gasteiger partial charge in [0.05, 0.1) is 29.9 Å². The second-order valence-corrected chi connectivity index (χ2v) is 11.6. The van der Waals surface area contributed by atoms with Crippen molar-refractivity contribution in [2.45, 2.75) is 52.3 Å². The topological polar surface area (TPSA) is 175 Å². The lowest BCUT2D eigenvalue weighted by Gasteiger charge is -2.26. The monoisotopic (exact) mass is 603 g/mol. The summed E-state index contributed by atoms with van der Waals surface area (Å²) in [6.45, 7) is 5.90. The molecule has 4 N–H and O–H groups in total. The number of amides is 3. The van der Waals surface area contributed by atoms with Gasteiger partial charge in [-0.05, 0) is 42.5 Å². The van der Waals surface area contributed by atoms with Gasteiger partial charge in [0, 0.05) is 25.9 Å². The fourth-order valence-electron chi connectivity index (χ4n) is 4.43. The van der Waals surface area contributed by atoms with E-state index in [4.69, 9.17) is 4.42 Å². The second kappa shape index (κ2) is 13.5. The summed E-state index contributed by atoms with van der Waals surface area (Å²) in [5, 5.41) is 16.1. The van der Waals surface area contributed by atoms with Gasteiger partial charge < -0.3 is 34.6 Å². The van der Waals surface area contributed by atoms with E-state index in [-0.39, 0.29) is 30.5 Å². The number of carbonyl (C=O) groups excluding carboxylic acids is 3. The molecule has 3 heterocycles. The van der Waals surface area contributed by atoms with Gasteiger partial charge in [-0.2, -0.15) is 0 Å². The van der Waals surface area contributed by atoms with Crippen molar-refractivity contribution in [1.82, 2.24) is 29.7 Å². The predicted molar refractivity (Wildman–Crippen MR) is 164 cm³/mol. The zero-order chi connectivity index (χ0) is 32.0. The molecule has 0 spiro atoms. The minimum atomic E-state index is -1.07. The van der Waals surface area contributed by atoms with Gasteiger partial charge in [0.1, 0.15) is 23.8 Å². The minimum absolute atomic E-state index is 0.00570. The first-order chi connectivity index (χ1) is 20.8. The van der Waals surface area contributed by atoms with Crippen LogP contribution in [-0.4, -0.2) is 67.4 Å². The maximum absolute atomic E-state index is 13.4. The highest BCUT2D eigenvalue weighted by atomic mass is 16.3. The second-order valence-electron chi connectivity index (χ2n) is 11.6. The summed E-state index contributed by atoms with van der Waals surface area (Å²) in [5.74, 6) is -1.27. The van der Waals surface area contributed by atoms with Crippen molar-refractivity contribution in [3.05, 3.63) is 88.8 Å². The molecule has 3 amide bonds. The standard InChI is InChI=1S/C31H37N7O6/c1-31(2,3)26(40)19-10-8-12-20-25(19)36-23(33-20)18-38-16-9-13-22(30(38)43)35-27(41)21(11-6-7-14-24(39)37(4)5)34-28(42)29-32-15-17-44-29/h7-10,12-17,21,26,40H,6,11,18H2,1-5H3,(H,33,36)(H,34,42)(H,35,41)/b14-7+. The first kappa shape index (κ1) is 31.9. The number of anilines is 1. The van der Waals surface area contributed by atoms with Crippen LogP contribution in [-0.2, 0) is 16.1 Å². The van der Waals surface area contributed by atoms with Crippen LogP contribution in [0.4, 0.5) is 5.69 Å². The SMILES string of the molecule is CN(C)C(=O)/C=C/CCC(NC(=O)c1ncco1)C(=O)Nc1cccn(Cc2nc3c(C(O)C(C)(C)C)cccc3[nH]2)c1=O. The number of nitrogens with one attached hydrogen (secondary N) is 3. The van der Waals surface area contributed by atoms with Crippen molar-refractivity contribution in [3.63, 3.8) is 0 Å². The smallest absolute Gasteiger partial charge is 0.307 e. The molecule has 4 aromatic rings. The predicted octanol–water partition coefficient (Wildman–Crippen LogP) is 3.00. The number of likely N-dealkylation sites (N-methyl/N-ethyl adjacent to an activating group) is 1. The van der Waals surface area contributed by atoms with Crippen LogP contribution in [0, 0.1) is 5.41 Å². The Labute approximate surface area is 254 Å². The van der Waals surface area contributed by atoms with E-state index in [0.29, 0.717) is 23.3 Å². The molecule has 0 saturated carbocycles. The highest BCUT2D eigenvalue weighted by molar-refractivity contribution is 5.99. The lowest BCUT2D eigenvalue weighted by molar-refractivity contribution is -0.123. The van der Waals surface area contributed by atoms with E-state index in [1.807, 2.05) is 39.0 Å². The number of imidazole rings is 1. The Balaban J connectivity index is 1.52. The van der Waals surface area contributed by atoms with E-state index in [2.05, 4.69) is 25.6 Å². The number of hydrogen-bond acceptors (Lipinski definition) is 8. The quantitative estimate of drug-likeness (QED) is 0.189. The number of allylic oxidation sites excluding steroid dienone is 1. The summed E-state index contributed by atoms with van der Waals surface area (Å²) in [5.41, 5.74) is 1.15. The van der Waals surface area contributed by atoms with Gasteiger partial charge in [-0.1, -0.05) is 39.0 Å². The fourth-order valence-corrected chi connectivity index (χ4v) is 4.43. The summed E-state index contributed by atoms with van der Waals surface area (Å²) in [6, 6.07) is 7.54. The van der Waals surface area contributed by atoms with E-state index in [0.717, 1.165) is 5.52 Å². The largest absolute Gasteiger partial charge is 0.441 e. The Kier molecular flexibility index (Phi) is 9.79. The summed E-state index contributed by atoms with van der Waals surface area (Å²) in [7, 11) is 3.24. The zero-order valence-electron chi connectivity index (χ0n) is 25.3. The van der Waals surface area contributed by atoms with Gasteiger partial charge in [0.2, 0.25) is 11.8 Å². The van der Waals surface area contributed by atoms with Gasteiger partial charge in [-0.15, -0.1) is 0 Å². The van der Waals surface area contributed by atoms with Crippen molar-refractivity contribution < 1.29 is 23.9 Å². The molecule has 0 radical (unpaired) electrons. The van der Waals surface area contributed by atoms with Gasteiger partial charge in [0.25, 0.3) is 11.4 Å². The number of benzene rings is 1. The molecule has 0 aliphatic carbocycles. The van der Waals surface area contributed by atoms with Gasteiger partial charge >= 0.3 is 5.91 Å². The average Bonchev–Trinajstić information content (AvgIpc) is 3.65. The number of aliphatic hydroxyl groups is 1. The molecule has 3 aromatic heterocycles. The van der Waals surface area contributed by atoms with Gasteiger partial charge in [-0.3, -0.25) is 19.2 Å². The van der Waals surface area contributed by atoms with Crippen LogP contribution in [0.25, 0.3) is 11.0 Å². The number of oxazole rings is 1. The first-order valence-electron chi connectivity index (χ1n) is 14.1. The van der Waals surface area contributed by atoms with Crippen LogP contribution >= 0.6 is 0 Å². The molecule has 0 aliphatic rings. The first-order valence-corrected chi connectivity index (χ1v) is 14.1. The zero-order valence-corrected chi connectivity index (χ0v) is 25.3. The van der Waals surface area contributed by atoms with Crippen LogP contribution in [0.3, 0.4) is 0 Å². The maximum atomic E-state index is 13.4. The number of para-hydroxylation sites is 1. The molecule has 0 aliphatic heterocycles. The summed E-state index contributed by atoms with van der Waals surface area (Å²) < 4.78 is 6.42. The Morgan fingerprint density at radius 3 is 2.64 bits per heavy atom. The van der Waals surface area contributed by atoms with Crippen molar-refractivity contribution in [3.8, 4) is 0 Å². The number of carbonyl (C=O) groups is 3. The molecule has 0 bridgehead atoms. The summed E-state index contributed by atoms with van der Waals surface area (Å²) in [4.78, 5) is 64.2. The lowest BCUT2D eigenvalue weighted by Crippen LogP contribution is -2.44. The van der Waals surface area contributed by atoms with Crippen LogP contribution < -0.4 is 16.2 Å². The van der Waals surface area contributed by atoms with Crippen LogP contribution in [0.1, 0.15) is 61.8 Å². The summed E-state index contributed by atoms with van der Waals surface area (Å²) in [6.07, 6.45) is 6.79. The third kappa shape index (κ3) is 7.67. The number of H-pyrrole nitrogens is 1. The number of nitrogens with zero attached hydrogens (tertiary/aromatic N) is 4. The molecule has 2 atom stereocenters. The molecule has 44 heavy (non-hydrogen) atoms. The summed E-state index contributed by atoms with van der Waals surface area (Å²) >= 11 is 0. The molecule has 1 aromatic carbocycles. The van der Waals surface area contributed by atoms with Gasteiger partial charge in [-0.25, -0.2) is 9.97 Å². The number of aromatic amines is 1. The van der Waals surface area contributed by atoms with Gasteiger partial charge in [0.15, 0.2) is 0 Å². The van der Waals surface area contributed by atoms with E-state index in [1.165, 1.54) is 34.1 Å². The Bertz CT molecular complexity index is 1710. The number of rotatable bonds is 11. The lowest BCUT2D eigenvalue weighted by atomic mass is 9.84. The Hall–Kier alpha value is -5.04. The van der Waals surface area contributed by atoms with Crippen molar-refractivity contribution >= 4 is 34.4 Å². The van der Waals surface area contributed by atoms with Crippen LogP contribution in [0.5, 0.6) is 0 Å². The van der Waals surface area contributed by atoms with Crippen LogP contribution in [0.15, 0.2) is 70.4 Å². The molecular weight excluding hydrogens is 566 g/mol. The highest BCUT2D eigenvalue weighted by Crippen LogP contribution is 2.35. The van der Waals surface area contributed by atoms with E-state index < -0.39 is 34.9 Å².